The van der Waals surface area contributed by atoms with Crippen LogP contribution in [0.1, 0.15) is 37.5 Å². The highest BCUT2D eigenvalue weighted by atomic mass is 16.6. The second kappa shape index (κ2) is 5.39. The number of carboxylic acid groups (broad SMARTS) is 1. The van der Waals surface area contributed by atoms with Crippen molar-refractivity contribution in [1.82, 2.24) is 4.90 Å². The van der Waals surface area contributed by atoms with Crippen molar-refractivity contribution >= 4 is 12.1 Å². The lowest BCUT2D eigenvalue weighted by Crippen LogP contribution is -2.54. The van der Waals surface area contributed by atoms with Gasteiger partial charge in [0.25, 0.3) is 0 Å². The van der Waals surface area contributed by atoms with Gasteiger partial charge in [-0.2, -0.15) is 0 Å². The van der Waals surface area contributed by atoms with E-state index in [1.165, 1.54) is 4.90 Å². The van der Waals surface area contributed by atoms with Gasteiger partial charge in [-0.1, -0.05) is 18.2 Å². The van der Waals surface area contributed by atoms with Crippen molar-refractivity contribution in [3.8, 4) is 0 Å². The molecule has 0 unspecified atom stereocenters. The van der Waals surface area contributed by atoms with Crippen molar-refractivity contribution in [2.75, 3.05) is 0 Å². The second-order valence-corrected chi connectivity index (χ2v) is 6.36. The third-order valence-corrected chi connectivity index (χ3v) is 3.52. The van der Waals surface area contributed by atoms with E-state index in [4.69, 9.17) is 4.74 Å². The monoisotopic (exact) mass is 290 g/mol. The maximum atomic E-state index is 12.2. The molecule has 114 valence electrons. The van der Waals surface area contributed by atoms with Gasteiger partial charge < -0.3 is 14.6 Å². The fourth-order valence-electron chi connectivity index (χ4n) is 2.52. The highest BCUT2D eigenvalue weighted by molar-refractivity contribution is 5.80. The van der Waals surface area contributed by atoms with Crippen LogP contribution in [0.4, 0.5) is 4.79 Å². The topological polar surface area (TPSA) is 69.7 Å². The number of fused-ring (bicyclic) bond motifs is 1. The lowest BCUT2D eigenvalue weighted by molar-refractivity contribution is -0.311. The molecule has 1 atom stereocenters. The molecule has 0 saturated heterocycles. The van der Waals surface area contributed by atoms with Crippen LogP contribution in [0.2, 0.25) is 0 Å². The summed E-state index contributed by atoms with van der Waals surface area (Å²) in [5.41, 5.74) is 2.30. The number of carboxylic acids is 1. The number of nitrogens with zero attached hydrogens (tertiary/aromatic N) is 1. The first kappa shape index (κ1) is 15.4. The van der Waals surface area contributed by atoms with Gasteiger partial charge in [0.15, 0.2) is 0 Å². The van der Waals surface area contributed by atoms with E-state index in [2.05, 4.69) is 0 Å². The van der Waals surface area contributed by atoms with Gasteiger partial charge in [0, 0.05) is 6.54 Å². The van der Waals surface area contributed by atoms with Gasteiger partial charge in [-0.15, -0.1) is 0 Å². The SMILES string of the molecule is Cc1cccc2c1C[C@H](C(=O)[O-])N(C(=O)OC(C)(C)C)C2. The summed E-state index contributed by atoms with van der Waals surface area (Å²) in [5, 5.41) is 11.4. The Labute approximate surface area is 124 Å². The normalized spacial score (nSPS) is 18.1. The Morgan fingerprint density at radius 2 is 2.00 bits per heavy atom. The number of rotatable bonds is 1. The number of ether oxygens (including phenoxy) is 1. The van der Waals surface area contributed by atoms with Crippen LogP contribution in [0.25, 0.3) is 0 Å². The van der Waals surface area contributed by atoms with E-state index >= 15 is 0 Å². The summed E-state index contributed by atoms with van der Waals surface area (Å²) in [4.78, 5) is 24.9. The third kappa shape index (κ3) is 3.35. The fraction of sp³-hybridized carbons (Fsp3) is 0.500. The van der Waals surface area contributed by atoms with E-state index in [1.807, 2.05) is 25.1 Å². The molecule has 1 heterocycles. The summed E-state index contributed by atoms with van der Waals surface area (Å²) in [6, 6.07) is 4.76. The Hall–Kier alpha value is -2.04. The van der Waals surface area contributed by atoms with Gasteiger partial charge in [0.2, 0.25) is 0 Å². The summed E-state index contributed by atoms with van der Waals surface area (Å²) in [7, 11) is 0. The van der Waals surface area contributed by atoms with Crippen LogP contribution >= 0.6 is 0 Å². The Kier molecular flexibility index (Phi) is 3.94. The van der Waals surface area contributed by atoms with Crippen LogP contribution in [-0.2, 0) is 22.5 Å². The lowest BCUT2D eigenvalue weighted by Gasteiger charge is -2.38. The molecule has 0 N–H and O–H groups in total. The Morgan fingerprint density at radius 1 is 1.33 bits per heavy atom. The number of hydrogen-bond acceptors (Lipinski definition) is 4. The van der Waals surface area contributed by atoms with Crippen molar-refractivity contribution < 1.29 is 19.4 Å². The van der Waals surface area contributed by atoms with Crippen LogP contribution in [0.15, 0.2) is 18.2 Å². The Bertz CT molecular complexity index is 574. The molecule has 2 rings (SSSR count). The smallest absolute Gasteiger partial charge is 0.411 e. The van der Waals surface area contributed by atoms with Crippen LogP contribution in [0, 0.1) is 6.92 Å². The molecule has 0 bridgehead atoms. The summed E-state index contributed by atoms with van der Waals surface area (Å²) < 4.78 is 5.30. The minimum absolute atomic E-state index is 0.227. The molecular weight excluding hydrogens is 270 g/mol. The van der Waals surface area contributed by atoms with E-state index in [0.29, 0.717) is 0 Å². The molecule has 0 spiro atoms. The number of aliphatic carboxylic acids is 1. The first-order valence-corrected chi connectivity index (χ1v) is 6.97. The van der Waals surface area contributed by atoms with Crippen molar-refractivity contribution in [3.05, 3.63) is 34.9 Å². The molecule has 0 aliphatic carbocycles. The molecule has 5 nitrogen and oxygen atoms in total. The Morgan fingerprint density at radius 3 is 2.57 bits per heavy atom. The molecule has 0 radical (unpaired) electrons. The molecular formula is C16H20NO4-. The lowest BCUT2D eigenvalue weighted by atomic mass is 9.91. The van der Waals surface area contributed by atoms with Crippen molar-refractivity contribution in [2.45, 2.75) is 52.3 Å². The van der Waals surface area contributed by atoms with E-state index < -0.39 is 23.7 Å². The van der Waals surface area contributed by atoms with Gasteiger partial charge in [-0.25, -0.2) is 4.79 Å². The molecule has 1 aromatic carbocycles. The molecule has 1 aliphatic heterocycles. The van der Waals surface area contributed by atoms with Crippen LogP contribution in [-0.4, -0.2) is 28.6 Å². The first-order chi connectivity index (χ1) is 9.69. The zero-order valence-corrected chi connectivity index (χ0v) is 12.8. The average molecular weight is 290 g/mol. The van der Waals surface area contributed by atoms with Crippen LogP contribution in [0.3, 0.4) is 0 Å². The maximum absolute atomic E-state index is 12.2. The number of carbonyl (C=O) groups is 2. The minimum atomic E-state index is -1.25. The highest BCUT2D eigenvalue weighted by Crippen LogP contribution is 2.27. The largest absolute Gasteiger partial charge is 0.548 e. The number of benzene rings is 1. The number of aryl methyl sites for hydroxylation is 1. The maximum Gasteiger partial charge on any atom is 0.411 e. The highest BCUT2D eigenvalue weighted by Gasteiger charge is 2.34. The van der Waals surface area contributed by atoms with Gasteiger partial charge in [-0.3, -0.25) is 4.90 Å². The molecule has 21 heavy (non-hydrogen) atoms. The fourth-order valence-corrected chi connectivity index (χ4v) is 2.52. The molecule has 0 saturated carbocycles. The number of hydrogen-bond donors (Lipinski definition) is 0. The second-order valence-electron chi connectivity index (χ2n) is 6.36. The molecule has 1 aliphatic rings. The van der Waals surface area contributed by atoms with E-state index in [1.54, 1.807) is 20.8 Å². The molecule has 0 aromatic heterocycles. The van der Waals surface area contributed by atoms with Gasteiger partial charge in [-0.05, 0) is 50.8 Å². The predicted molar refractivity (Wildman–Crippen MR) is 75.5 cm³/mol. The molecule has 1 aromatic rings. The first-order valence-electron chi connectivity index (χ1n) is 6.97. The number of carbonyl (C=O) groups excluding carboxylic acids is 2. The summed E-state index contributed by atoms with van der Waals surface area (Å²) in [6.07, 6.45) is -0.368. The van der Waals surface area contributed by atoms with Crippen molar-refractivity contribution in [2.24, 2.45) is 0 Å². The summed E-state index contributed by atoms with van der Waals surface area (Å²) in [5.74, 6) is -1.25. The minimum Gasteiger partial charge on any atom is -0.548 e. The summed E-state index contributed by atoms with van der Waals surface area (Å²) >= 11 is 0. The van der Waals surface area contributed by atoms with E-state index in [-0.39, 0.29) is 13.0 Å². The van der Waals surface area contributed by atoms with Crippen molar-refractivity contribution in [3.63, 3.8) is 0 Å². The zero-order chi connectivity index (χ0) is 15.8. The molecule has 5 heteroatoms. The average Bonchev–Trinajstić information content (AvgIpc) is 2.35. The quantitative estimate of drug-likeness (QED) is 0.784. The summed E-state index contributed by atoms with van der Waals surface area (Å²) in [6.45, 7) is 7.42. The van der Waals surface area contributed by atoms with Gasteiger partial charge in [0.05, 0.1) is 12.0 Å². The van der Waals surface area contributed by atoms with E-state index in [0.717, 1.165) is 16.7 Å². The number of amides is 1. The third-order valence-electron chi connectivity index (χ3n) is 3.52. The van der Waals surface area contributed by atoms with Gasteiger partial charge in [0.1, 0.15) is 5.60 Å². The van der Waals surface area contributed by atoms with Crippen LogP contribution < -0.4 is 5.11 Å². The zero-order valence-electron chi connectivity index (χ0n) is 12.8. The molecule has 1 amide bonds. The molecule has 0 fully saturated rings. The van der Waals surface area contributed by atoms with Crippen molar-refractivity contribution in [1.29, 1.82) is 0 Å². The van der Waals surface area contributed by atoms with Crippen LogP contribution in [0.5, 0.6) is 0 Å². The predicted octanol–water partition coefficient (Wildman–Crippen LogP) is 1.41. The standard InChI is InChI=1S/C16H21NO4/c1-10-6-5-7-11-9-17(15(20)21-16(2,3)4)13(14(18)19)8-12(10)11/h5-7,13H,8-9H2,1-4H3,(H,18,19)/p-1/t13-/m1/s1. The van der Waals surface area contributed by atoms with Gasteiger partial charge >= 0.3 is 6.09 Å². The Balaban J connectivity index is 2.32. The van der Waals surface area contributed by atoms with E-state index in [9.17, 15) is 14.7 Å².